The fraction of sp³-hybridized carbons (Fsp3) is 0.350. The van der Waals surface area contributed by atoms with Crippen LogP contribution >= 0.6 is 0 Å². The van der Waals surface area contributed by atoms with Gasteiger partial charge in [0.05, 0.1) is 11.3 Å². The van der Waals surface area contributed by atoms with E-state index in [4.69, 9.17) is 4.52 Å². The highest BCUT2D eigenvalue weighted by molar-refractivity contribution is 6.05. The molecule has 3 heterocycles. The van der Waals surface area contributed by atoms with Gasteiger partial charge in [0.15, 0.2) is 0 Å². The minimum absolute atomic E-state index is 0.0886. The molecule has 1 saturated heterocycles. The zero-order chi connectivity index (χ0) is 19.0. The van der Waals surface area contributed by atoms with Crippen LogP contribution < -0.4 is 5.56 Å². The highest BCUT2D eigenvalue weighted by Crippen LogP contribution is 2.19. The number of carbonyl (C=O) groups is 1. The lowest BCUT2D eigenvalue weighted by Crippen LogP contribution is -2.48. The second-order valence-electron chi connectivity index (χ2n) is 6.96. The van der Waals surface area contributed by atoms with Crippen molar-refractivity contribution in [2.24, 2.45) is 0 Å². The molecule has 0 saturated carbocycles. The number of para-hydroxylation sites is 1. The van der Waals surface area contributed by atoms with Crippen LogP contribution in [0.5, 0.6) is 0 Å². The van der Waals surface area contributed by atoms with Gasteiger partial charge in [0.2, 0.25) is 5.56 Å². The van der Waals surface area contributed by atoms with Gasteiger partial charge < -0.3 is 14.4 Å². The van der Waals surface area contributed by atoms with E-state index in [0.29, 0.717) is 24.2 Å². The average molecular weight is 366 g/mol. The molecule has 1 aromatic carbocycles. The van der Waals surface area contributed by atoms with E-state index in [0.717, 1.165) is 42.0 Å². The van der Waals surface area contributed by atoms with Gasteiger partial charge >= 0.3 is 0 Å². The molecule has 27 heavy (non-hydrogen) atoms. The monoisotopic (exact) mass is 366 g/mol. The highest BCUT2D eigenvalue weighted by atomic mass is 16.5. The minimum atomic E-state index is -0.255. The number of H-pyrrole nitrogens is 1. The standard InChI is InChI=1S/C20H22N4O3/c1-13-17(14(2)27-22-13)12-23-7-9-24(10-8-23)20(26)16-11-19(25)21-18-6-4-3-5-15(16)18/h3-6,11H,7-10,12H2,1-2H3,(H,21,25). The van der Waals surface area contributed by atoms with Gasteiger partial charge in [-0.15, -0.1) is 0 Å². The second kappa shape index (κ2) is 7.00. The van der Waals surface area contributed by atoms with Crippen molar-refractivity contribution in [3.8, 4) is 0 Å². The Bertz CT molecular complexity index is 1030. The molecule has 0 spiro atoms. The summed E-state index contributed by atoms with van der Waals surface area (Å²) in [6, 6.07) is 8.81. The molecule has 0 radical (unpaired) electrons. The molecule has 1 aliphatic rings. The molecule has 4 rings (SSSR count). The van der Waals surface area contributed by atoms with E-state index in [9.17, 15) is 9.59 Å². The largest absolute Gasteiger partial charge is 0.361 e. The maximum absolute atomic E-state index is 13.0. The summed E-state index contributed by atoms with van der Waals surface area (Å²) < 4.78 is 5.23. The number of nitrogens with one attached hydrogen (secondary N) is 1. The molecule has 0 unspecified atom stereocenters. The molecule has 0 aliphatic carbocycles. The summed E-state index contributed by atoms with van der Waals surface area (Å²) in [5.74, 6) is 0.760. The summed E-state index contributed by atoms with van der Waals surface area (Å²) >= 11 is 0. The molecule has 7 heteroatoms. The highest BCUT2D eigenvalue weighted by Gasteiger charge is 2.25. The molecule has 7 nitrogen and oxygen atoms in total. The van der Waals surface area contributed by atoms with Crippen molar-refractivity contribution < 1.29 is 9.32 Å². The van der Waals surface area contributed by atoms with Crippen molar-refractivity contribution in [2.45, 2.75) is 20.4 Å². The first kappa shape index (κ1) is 17.5. The SMILES string of the molecule is Cc1noc(C)c1CN1CCN(C(=O)c2cc(=O)[nH]c3ccccc23)CC1. The quantitative estimate of drug-likeness (QED) is 0.767. The third-order valence-electron chi connectivity index (χ3n) is 5.20. The molecule has 1 aliphatic heterocycles. The van der Waals surface area contributed by atoms with Crippen LogP contribution in [0.15, 0.2) is 39.6 Å². The van der Waals surface area contributed by atoms with Crippen molar-refractivity contribution >= 4 is 16.8 Å². The predicted octanol–water partition coefficient (Wildman–Crippen LogP) is 2.09. The summed E-state index contributed by atoms with van der Waals surface area (Å²) in [5, 5.41) is 4.78. The number of hydrogen-bond donors (Lipinski definition) is 1. The third kappa shape index (κ3) is 3.38. The Kier molecular flexibility index (Phi) is 4.53. The Morgan fingerprint density at radius 1 is 1.19 bits per heavy atom. The first-order chi connectivity index (χ1) is 13.0. The average Bonchev–Trinajstić information content (AvgIpc) is 2.99. The lowest BCUT2D eigenvalue weighted by Gasteiger charge is -2.34. The van der Waals surface area contributed by atoms with Crippen molar-refractivity contribution in [1.82, 2.24) is 19.9 Å². The number of rotatable bonds is 3. The van der Waals surface area contributed by atoms with Gasteiger partial charge in [-0.3, -0.25) is 14.5 Å². The molecule has 1 fully saturated rings. The lowest BCUT2D eigenvalue weighted by molar-refractivity contribution is 0.0629. The molecule has 0 bridgehead atoms. The zero-order valence-electron chi connectivity index (χ0n) is 15.5. The fourth-order valence-electron chi connectivity index (χ4n) is 3.61. The van der Waals surface area contributed by atoms with Crippen LogP contribution in [0.1, 0.15) is 27.4 Å². The summed E-state index contributed by atoms with van der Waals surface area (Å²) in [6.07, 6.45) is 0. The van der Waals surface area contributed by atoms with Gasteiger partial charge in [-0.2, -0.15) is 0 Å². The number of hydrogen-bond acceptors (Lipinski definition) is 5. The molecule has 1 N–H and O–H groups in total. The molecule has 2 aromatic heterocycles. The molecular weight excluding hydrogens is 344 g/mol. The summed E-state index contributed by atoms with van der Waals surface area (Å²) in [5.41, 5.74) is 2.93. The van der Waals surface area contributed by atoms with Gasteiger partial charge in [0, 0.05) is 55.3 Å². The van der Waals surface area contributed by atoms with Crippen molar-refractivity contribution in [3.63, 3.8) is 0 Å². The Hall–Kier alpha value is -2.93. The maximum atomic E-state index is 13.0. The Labute approximate surface area is 156 Å². The number of aryl methyl sites for hydroxylation is 2. The number of amides is 1. The minimum Gasteiger partial charge on any atom is -0.361 e. The smallest absolute Gasteiger partial charge is 0.254 e. The zero-order valence-corrected chi connectivity index (χ0v) is 15.5. The third-order valence-corrected chi connectivity index (χ3v) is 5.20. The first-order valence-corrected chi connectivity index (χ1v) is 9.08. The van der Waals surface area contributed by atoms with Crippen LogP contribution in [-0.2, 0) is 6.54 Å². The Morgan fingerprint density at radius 3 is 2.63 bits per heavy atom. The van der Waals surface area contributed by atoms with Gasteiger partial charge in [-0.1, -0.05) is 23.4 Å². The van der Waals surface area contributed by atoms with Crippen LogP contribution in [0.25, 0.3) is 10.9 Å². The number of aromatic amines is 1. The predicted molar refractivity (Wildman–Crippen MR) is 102 cm³/mol. The number of carbonyl (C=O) groups excluding carboxylic acids is 1. The summed E-state index contributed by atoms with van der Waals surface area (Å²) in [7, 11) is 0. The van der Waals surface area contributed by atoms with E-state index in [1.165, 1.54) is 6.07 Å². The normalized spacial score (nSPS) is 15.4. The number of aromatic nitrogens is 2. The van der Waals surface area contributed by atoms with E-state index < -0.39 is 0 Å². The number of nitrogens with zero attached hydrogens (tertiary/aromatic N) is 3. The number of benzene rings is 1. The van der Waals surface area contributed by atoms with Gasteiger partial charge in [-0.25, -0.2) is 0 Å². The number of piperazine rings is 1. The number of pyridine rings is 1. The number of fused-ring (bicyclic) bond motifs is 1. The van der Waals surface area contributed by atoms with Crippen LogP contribution in [0.3, 0.4) is 0 Å². The fourth-order valence-corrected chi connectivity index (χ4v) is 3.61. The molecule has 140 valence electrons. The van der Waals surface area contributed by atoms with E-state index in [1.807, 2.05) is 43.0 Å². The van der Waals surface area contributed by atoms with E-state index >= 15 is 0 Å². The molecule has 1 amide bonds. The van der Waals surface area contributed by atoms with Crippen molar-refractivity contribution in [1.29, 1.82) is 0 Å². The summed E-state index contributed by atoms with van der Waals surface area (Å²) in [6.45, 7) is 7.45. The Balaban J connectivity index is 1.49. The molecular formula is C20H22N4O3. The van der Waals surface area contributed by atoms with Crippen LogP contribution in [-0.4, -0.2) is 52.0 Å². The van der Waals surface area contributed by atoms with Crippen LogP contribution in [0.4, 0.5) is 0 Å². The lowest BCUT2D eigenvalue weighted by atomic mass is 10.1. The van der Waals surface area contributed by atoms with Gasteiger partial charge in [-0.05, 0) is 19.9 Å². The van der Waals surface area contributed by atoms with Gasteiger partial charge in [0.1, 0.15) is 5.76 Å². The van der Waals surface area contributed by atoms with Gasteiger partial charge in [0.25, 0.3) is 5.91 Å². The summed E-state index contributed by atoms with van der Waals surface area (Å²) in [4.78, 5) is 31.9. The molecule has 3 aromatic rings. The van der Waals surface area contributed by atoms with Crippen LogP contribution in [0, 0.1) is 13.8 Å². The van der Waals surface area contributed by atoms with E-state index in [-0.39, 0.29) is 11.5 Å². The van der Waals surface area contributed by atoms with E-state index in [1.54, 1.807) is 0 Å². The Morgan fingerprint density at radius 2 is 1.93 bits per heavy atom. The van der Waals surface area contributed by atoms with Crippen molar-refractivity contribution in [2.75, 3.05) is 26.2 Å². The van der Waals surface area contributed by atoms with E-state index in [2.05, 4.69) is 15.0 Å². The first-order valence-electron chi connectivity index (χ1n) is 9.08. The van der Waals surface area contributed by atoms with Crippen molar-refractivity contribution in [3.05, 3.63) is 63.3 Å². The topological polar surface area (TPSA) is 82.4 Å². The molecule has 0 atom stereocenters. The maximum Gasteiger partial charge on any atom is 0.254 e. The second-order valence-corrected chi connectivity index (χ2v) is 6.96. The van der Waals surface area contributed by atoms with Crippen LogP contribution in [0.2, 0.25) is 0 Å².